The van der Waals surface area contributed by atoms with E-state index < -0.39 is 16.4 Å². The van der Waals surface area contributed by atoms with Gasteiger partial charge in [-0.05, 0) is 48.2 Å². The number of amides is 1. The number of hydrogen-bond acceptors (Lipinski definition) is 8. The summed E-state index contributed by atoms with van der Waals surface area (Å²) in [5.74, 6) is 0.821. The Kier molecular flexibility index (Phi) is 6.62. The van der Waals surface area contributed by atoms with E-state index in [9.17, 15) is 24.8 Å². The van der Waals surface area contributed by atoms with Gasteiger partial charge in [0.15, 0.2) is 17.9 Å². The van der Waals surface area contributed by atoms with Gasteiger partial charge in [-0.3, -0.25) is 9.59 Å². The second kappa shape index (κ2) is 10.3. The van der Waals surface area contributed by atoms with Gasteiger partial charge in [-0.15, -0.1) is 0 Å². The van der Waals surface area contributed by atoms with Crippen LogP contribution in [0, 0.1) is 11.1 Å². The molecule has 1 amide bonds. The number of fused-ring (bicyclic) bond motifs is 5. The molecule has 4 heterocycles. The fourth-order valence-electron chi connectivity index (χ4n) is 5.76. The Labute approximate surface area is 227 Å². The molecule has 3 unspecified atom stereocenters. The smallest absolute Gasteiger partial charge is 0.344 e. The van der Waals surface area contributed by atoms with Gasteiger partial charge in [0, 0.05) is 42.7 Å². The van der Waals surface area contributed by atoms with E-state index in [1.807, 2.05) is 12.1 Å². The molecule has 2 aliphatic heterocycles. The lowest BCUT2D eigenvalue weighted by Gasteiger charge is -2.42. The summed E-state index contributed by atoms with van der Waals surface area (Å²) in [4.78, 5) is 40.1. The number of nitrogens with zero attached hydrogens (tertiary/aromatic N) is 2. The van der Waals surface area contributed by atoms with E-state index >= 15 is 0 Å². The molecular weight excluding hydrogens is 518 g/mol. The summed E-state index contributed by atoms with van der Waals surface area (Å²) in [6, 6.07) is 17.1. The predicted octanol–water partition coefficient (Wildman–Crippen LogP) is 2.06. The number of ether oxygens (including phenoxy) is 2. The second-order valence-electron chi connectivity index (χ2n) is 10.1. The van der Waals surface area contributed by atoms with Crippen molar-refractivity contribution < 1.29 is 29.1 Å². The zero-order valence-electron chi connectivity index (χ0n) is 21.7. The molecule has 2 aliphatic rings. The second-order valence-corrected chi connectivity index (χ2v) is 10.1. The lowest BCUT2D eigenvalue weighted by Crippen LogP contribution is -3.00. The van der Waals surface area contributed by atoms with Crippen molar-refractivity contribution in [2.24, 2.45) is 5.92 Å². The number of rotatable bonds is 6. The Morgan fingerprint density at radius 1 is 1.10 bits per heavy atom. The van der Waals surface area contributed by atoms with Crippen molar-refractivity contribution in [3.63, 3.8) is 0 Å². The molecule has 6 rings (SSSR count). The van der Waals surface area contributed by atoms with Crippen molar-refractivity contribution in [2.75, 3.05) is 26.8 Å². The number of methoxy groups -OCH3 is 1. The number of piperidine rings is 1. The molecule has 11 heteroatoms. The number of para-hydroxylation sites is 1. The highest BCUT2D eigenvalue weighted by Gasteiger charge is 2.37. The van der Waals surface area contributed by atoms with Crippen LogP contribution in [-0.4, -0.2) is 47.4 Å². The number of hydrogen-bond donors (Lipinski definition) is 2. The summed E-state index contributed by atoms with van der Waals surface area (Å²) < 4.78 is 18.1. The number of carbonyl (C=O) groups is 1. The zero-order chi connectivity index (χ0) is 28.0. The van der Waals surface area contributed by atoms with Crippen LogP contribution >= 0.6 is 0 Å². The predicted molar refractivity (Wildman–Crippen MR) is 144 cm³/mol. The normalized spacial score (nSPS) is 18.7. The Morgan fingerprint density at radius 3 is 2.65 bits per heavy atom. The number of nitrogens with one attached hydrogen (secondary N) is 1. The third kappa shape index (κ3) is 4.64. The van der Waals surface area contributed by atoms with Crippen LogP contribution in [0.4, 0.5) is 5.69 Å². The number of likely N-dealkylation sites (tertiary alicyclic amines) is 1. The van der Waals surface area contributed by atoms with Crippen LogP contribution in [-0.2, 0) is 11.3 Å². The Morgan fingerprint density at radius 2 is 1.90 bits per heavy atom. The monoisotopic (exact) mass is 545 g/mol. The SMILES string of the molecule is COc1cccc2cc(-c3ccc(OCC(=O)N4CC5CC(C4)c4ccc([NH+]([O-])O)c(=O)n4C5)cc3)c(=O)oc12. The minimum atomic E-state index is -1.24. The molecule has 2 N–H and O–H groups in total. The van der Waals surface area contributed by atoms with Gasteiger partial charge >= 0.3 is 11.2 Å². The summed E-state index contributed by atoms with van der Waals surface area (Å²) in [7, 11) is 1.52. The molecular formula is C29H27N3O8. The van der Waals surface area contributed by atoms with Gasteiger partial charge in [0.05, 0.1) is 12.7 Å². The molecule has 3 atom stereocenters. The van der Waals surface area contributed by atoms with Gasteiger partial charge in [0.2, 0.25) is 5.69 Å². The third-order valence-corrected chi connectivity index (χ3v) is 7.66. The fraction of sp³-hybridized carbons (Fsp3) is 0.276. The van der Waals surface area contributed by atoms with Crippen LogP contribution in [0.2, 0.25) is 0 Å². The molecule has 2 bridgehead atoms. The molecule has 40 heavy (non-hydrogen) atoms. The van der Waals surface area contributed by atoms with Crippen LogP contribution in [0.15, 0.2) is 74.7 Å². The van der Waals surface area contributed by atoms with Crippen LogP contribution in [0.25, 0.3) is 22.1 Å². The highest BCUT2D eigenvalue weighted by molar-refractivity contribution is 5.86. The maximum Gasteiger partial charge on any atom is 0.344 e. The molecule has 2 aromatic carbocycles. The highest BCUT2D eigenvalue weighted by Crippen LogP contribution is 2.35. The van der Waals surface area contributed by atoms with E-state index in [4.69, 9.17) is 13.9 Å². The molecule has 4 aromatic rings. The van der Waals surface area contributed by atoms with Gasteiger partial charge in [-0.2, -0.15) is 5.23 Å². The van der Waals surface area contributed by atoms with Crippen LogP contribution < -0.4 is 25.9 Å². The lowest BCUT2D eigenvalue weighted by atomic mass is 9.83. The van der Waals surface area contributed by atoms with E-state index in [1.165, 1.54) is 13.2 Å². The first-order valence-electron chi connectivity index (χ1n) is 12.9. The average molecular weight is 546 g/mol. The molecule has 0 radical (unpaired) electrons. The highest BCUT2D eigenvalue weighted by atomic mass is 16.8. The Hall–Kier alpha value is -4.45. The van der Waals surface area contributed by atoms with Gasteiger partial charge in [0.1, 0.15) is 5.75 Å². The molecule has 0 aliphatic carbocycles. The fourth-order valence-corrected chi connectivity index (χ4v) is 5.76. The number of pyridine rings is 1. The van der Waals surface area contributed by atoms with Crippen molar-refractivity contribution in [1.82, 2.24) is 9.47 Å². The maximum absolute atomic E-state index is 13.0. The minimum absolute atomic E-state index is 0.0418. The standard InChI is InChI=1S/C29H27N3O8/c1-38-25-4-2-3-19-12-22(29(35)40-27(19)25)18-5-7-21(8-6-18)39-16-26(33)30-13-17-11-20(15-30)23-9-10-24(32(36)37)28(34)31(23)14-17/h2-10,12,17,20,32,36H,11,13-16H2,1H3. The van der Waals surface area contributed by atoms with Crippen molar-refractivity contribution in [3.05, 3.63) is 92.3 Å². The molecule has 206 valence electrons. The number of carbonyl (C=O) groups excluding carboxylic acids is 1. The average Bonchev–Trinajstić information content (AvgIpc) is 2.96. The minimum Gasteiger partial charge on any atom is -0.595 e. The Bertz CT molecular complexity index is 1710. The summed E-state index contributed by atoms with van der Waals surface area (Å²) >= 11 is 0. The van der Waals surface area contributed by atoms with E-state index in [2.05, 4.69) is 0 Å². The largest absolute Gasteiger partial charge is 0.595 e. The number of benzene rings is 2. The molecule has 0 saturated carbocycles. The molecule has 1 fully saturated rings. The van der Waals surface area contributed by atoms with Crippen molar-refractivity contribution in [3.8, 4) is 22.6 Å². The van der Waals surface area contributed by atoms with Crippen molar-refractivity contribution >= 4 is 22.6 Å². The Balaban J connectivity index is 1.12. The maximum atomic E-state index is 13.0. The van der Waals surface area contributed by atoms with Crippen molar-refractivity contribution in [1.29, 1.82) is 0 Å². The van der Waals surface area contributed by atoms with Crippen LogP contribution in [0.5, 0.6) is 11.5 Å². The van der Waals surface area contributed by atoms with Gasteiger partial charge < -0.3 is 28.6 Å². The lowest BCUT2D eigenvalue weighted by molar-refractivity contribution is -0.992. The molecule has 2 aromatic heterocycles. The molecule has 1 saturated heterocycles. The quantitative estimate of drug-likeness (QED) is 0.277. The van der Waals surface area contributed by atoms with E-state index in [0.29, 0.717) is 47.8 Å². The summed E-state index contributed by atoms with van der Waals surface area (Å²) in [5.41, 5.74) is 0.986. The number of aromatic nitrogens is 1. The van der Waals surface area contributed by atoms with Crippen LogP contribution in [0.3, 0.4) is 0 Å². The van der Waals surface area contributed by atoms with Gasteiger partial charge in [-0.1, -0.05) is 24.3 Å². The first-order valence-corrected chi connectivity index (χ1v) is 12.9. The zero-order valence-corrected chi connectivity index (χ0v) is 21.7. The first-order chi connectivity index (χ1) is 19.3. The van der Waals surface area contributed by atoms with E-state index in [-0.39, 0.29) is 30.0 Å². The third-order valence-electron chi connectivity index (χ3n) is 7.66. The summed E-state index contributed by atoms with van der Waals surface area (Å²) in [6.07, 6.45) is 0.841. The van der Waals surface area contributed by atoms with Crippen molar-refractivity contribution in [2.45, 2.75) is 18.9 Å². The number of quaternary nitrogens is 1. The van der Waals surface area contributed by atoms with Gasteiger partial charge in [0.25, 0.3) is 5.91 Å². The summed E-state index contributed by atoms with van der Waals surface area (Å²) in [5, 5.41) is 20.1. The first kappa shape index (κ1) is 25.8. The van der Waals surface area contributed by atoms with E-state index in [1.54, 1.807) is 51.9 Å². The summed E-state index contributed by atoms with van der Waals surface area (Å²) in [6.45, 7) is 1.14. The van der Waals surface area contributed by atoms with Gasteiger partial charge in [-0.25, -0.2) is 10.0 Å². The van der Waals surface area contributed by atoms with Crippen LogP contribution in [0.1, 0.15) is 18.0 Å². The molecule has 11 nitrogen and oxygen atoms in total. The topological polar surface area (TPSA) is 139 Å². The van der Waals surface area contributed by atoms with E-state index in [0.717, 1.165) is 17.5 Å². The molecule has 0 spiro atoms.